The van der Waals surface area contributed by atoms with Crippen molar-refractivity contribution in [3.05, 3.63) is 87.4 Å². The van der Waals surface area contributed by atoms with Crippen LogP contribution in [0.15, 0.2) is 60.0 Å². The Morgan fingerprint density at radius 2 is 2.00 bits per heavy atom. The molecule has 2 amide bonds. The predicted octanol–water partition coefficient (Wildman–Crippen LogP) is 4.86. The minimum atomic E-state index is -0.367. The predicted molar refractivity (Wildman–Crippen MR) is 127 cm³/mol. The van der Waals surface area contributed by atoms with Gasteiger partial charge in [0.05, 0.1) is 6.04 Å². The second-order valence-electron chi connectivity index (χ2n) is 8.05. The molecule has 0 saturated carbocycles. The van der Waals surface area contributed by atoms with E-state index in [0.29, 0.717) is 24.4 Å². The summed E-state index contributed by atoms with van der Waals surface area (Å²) in [7, 11) is 0. The fourth-order valence-corrected chi connectivity index (χ4v) is 5.10. The largest absolute Gasteiger partial charge is 0.491 e. The summed E-state index contributed by atoms with van der Waals surface area (Å²) in [6.07, 6.45) is 0.771. The van der Waals surface area contributed by atoms with E-state index in [-0.39, 0.29) is 36.8 Å². The van der Waals surface area contributed by atoms with E-state index in [1.165, 1.54) is 17.0 Å². The number of thiophene rings is 1. The monoisotopic (exact) mass is 466 g/mol. The molecule has 1 unspecified atom stereocenters. The average Bonchev–Trinajstić information content (AvgIpc) is 3.30. The molecule has 0 aliphatic carbocycles. The van der Waals surface area contributed by atoms with Crippen molar-refractivity contribution in [1.82, 2.24) is 9.80 Å². The maximum atomic E-state index is 13.6. The highest BCUT2D eigenvalue weighted by Crippen LogP contribution is 2.34. The molecule has 0 bridgehead atoms. The SMILES string of the molecule is CCN(CC(=O)N1CCc2sccc2C1COc1cccc(F)c1)C(=O)c1ccccc1C. The number of benzene rings is 2. The lowest BCUT2D eigenvalue weighted by Gasteiger charge is -2.37. The van der Waals surface area contributed by atoms with Crippen LogP contribution in [-0.2, 0) is 11.2 Å². The van der Waals surface area contributed by atoms with Crippen LogP contribution in [0.1, 0.15) is 39.3 Å². The van der Waals surface area contributed by atoms with Crippen molar-refractivity contribution >= 4 is 23.2 Å². The first-order valence-corrected chi connectivity index (χ1v) is 11.9. The number of nitrogens with zero attached hydrogens (tertiary/aromatic N) is 2. The number of carbonyl (C=O) groups is 2. The van der Waals surface area contributed by atoms with Gasteiger partial charge in [-0.2, -0.15) is 0 Å². The van der Waals surface area contributed by atoms with Crippen LogP contribution in [-0.4, -0.2) is 47.9 Å². The first-order chi connectivity index (χ1) is 16.0. The topological polar surface area (TPSA) is 49.9 Å². The van der Waals surface area contributed by atoms with E-state index in [2.05, 4.69) is 0 Å². The number of rotatable bonds is 7. The summed E-state index contributed by atoms with van der Waals surface area (Å²) in [6, 6.07) is 15.1. The summed E-state index contributed by atoms with van der Waals surface area (Å²) < 4.78 is 19.5. The fraction of sp³-hybridized carbons (Fsp3) is 0.308. The smallest absolute Gasteiger partial charge is 0.254 e. The number of carbonyl (C=O) groups excluding carboxylic acids is 2. The molecule has 7 heteroatoms. The van der Waals surface area contributed by atoms with Gasteiger partial charge in [0, 0.05) is 29.6 Å². The summed E-state index contributed by atoms with van der Waals surface area (Å²) in [5.41, 5.74) is 2.55. The van der Waals surface area contributed by atoms with E-state index in [0.717, 1.165) is 17.5 Å². The molecule has 0 fully saturated rings. The van der Waals surface area contributed by atoms with Gasteiger partial charge in [-0.1, -0.05) is 24.3 Å². The molecule has 33 heavy (non-hydrogen) atoms. The second kappa shape index (κ2) is 10.2. The van der Waals surface area contributed by atoms with Crippen molar-refractivity contribution in [3.63, 3.8) is 0 Å². The summed E-state index contributed by atoms with van der Waals surface area (Å²) in [4.78, 5) is 31.1. The minimum absolute atomic E-state index is 0.000394. The average molecular weight is 467 g/mol. The number of halogens is 1. The van der Waals surface area contributed by atoms with Gasteiger partial charge in [-0.25, -0.2) is 4.39 Å². The third kappa shape index (κ3) is 5.09. The highest BCUT2D eigenvalue weighted by molar-refractivity contribution is 7.10. The Labute approximate surface area is 197 Å². The Morgan fingerprint density at radius 3 is 2.76 bits per heavy atom. The number of amides is 2. The highest BCUT2D eigenvalue weighted by Gasteiger charge is 2.33. The van der Waals surface area contributed by atoms with Crippen LogP contribution in [0.5, 0.6) is 5.75 Å². The summed E-state index contributed by atoms with van der Waals surface area (Å²) in [5, 5.41) is 2.02. The summed E-state index contributed by atoms with van der Waals surface area (Å²) >= 11 is 1.67. The number of hydrogen-bond acceptors (Lipinski definition) is 4. The number of aryl methyl sites for hydroxylation is 1. The molecule has 2 aromatic carbocycles. The molecule has 4 rings (SSSR count). The Hall–Kier alpha value is -3.19. The molecule has 1 aliphatic heterocycles. The number of hydrogen-bond donors (Lipinski definition) is 0. The molecule has 0 spiro atoms. The standard InChI is InChI=1S/C26H27FN2O3S/c1-3-28(26(31)21-10-5-4-7-18(21)2)16-25(30)29-13-11-24-22(12-14-33-24)23(29)17-32-20-9-6-8-19(27)15-20/h4-10,12,14-15,23H,3,11,13,16-17H2,1-2H3. The van der Waals surface area contributed by atoms with Crippen molar-refractivity contribution in [2.45, 2.75) is 26.3 Å². The Bertz CT molecular complexity index is 1150. The molecule has 1 aliphatic rings. The third-order valence-electron chi connectivity index (χ3n) is 5.99. The van der Waals surface area contributed by atoms with Crippen molar-refractivity contribution < 1.29 is 18.7 Å². The molecule has 0 N–H and O–H groups in total. The van der Waals surface area contributed by atoms with Gasteiger partial charge in [0.15, 0.2) is 0 Å². The molecule has 0 radical (unpaired) electrons. The van der Waals surface area contributed by atoms with Gasteiger partial charge in [-0.05, 0) is 61.0 Å². The molecule has 0 saturated heterocycles. The van der Waals surface area contributed by atoms with Gasteiger partial charge in [0.2, 0.25) is 5.91 Å². The zero-order valence-corrected chi connectivity index (χ0v) is 19.6. The molecule has 5 nitrogen and oxygen atoms in total. The maximum absolute atomic E-state index is 13.6. The van der Waals surface area contributed by atoms with Crippen molar-refractivity contribution in [2.75, 3.05) is 26.2 Å². The van der Waals surface area contributed by atoms with Crippen LogP contribution in [0.4, 0.5) is 4.39 Å². The van der Waals surface area contributed by atoms with E-state index < -0.39 is 0 Å². The van der Waals surface area contributed by atoms with Crippen LogP contribution in [0.3, 0.4) is 0 Å². The van der Waals surface area contributed by atoms with Gasteiger partial charge < -0.3 is 14.5 Å². The maximum Gasteiger partial charge on any atom is 0.254 e. The zero-order valence-electron chi connectivity index (χ0n) is 18.8. The van der Waals surface area contributed by atoms with E-state index in [4.69, 9.17) is 4.74 Å². The molecule has 1 atom stereocenters. The van der Waals surface area contributed by atoms with Gasteiger partial charge in [0.25, 0.3) is 5.91 Å². The summed E-state index contributed by atoms with van der Waals surface area (Å²) in [5.74, 6) is -0.212. The number of fused-ring (bicyclic) bond motifs is 1. The van der Waals surface area contributed by atoms with Crippen LogP contribution in [0.2, 0.25) is 0 Å². The lowest BCUT2D eigenvalue weighted by Crippen LogP contribution is -2.47. The molecule has 172 valence electrons. The van der Waals surface area contributed by atoms with Gasteiger partial charge in [0.1, 0.15) is 24.7 Å². The summed E-state index contributed by atoms with van der Waals surface area (Å²) in [6.45, 7) is 4.98. The zero-order chi connectivity index (χ0) is 23.4. The lowest BCUT2D eigenvalue weighted by molar-refractivity contribution is -0.135. The first kappa shape index (κ1) is 23.0. The van der Waals surface area contributed by atoms with E-state index in [9.17, 15) is 14.0 Å². The normalized spacial score (nSPS) is 15.1. The number of likely N-dealkylation sites (N-methyl/N-ethyl adjacent to an activating group) is 1. The molecular formula is C26H27FN2O3S. The van der Waals surface area contributed by atoms with Crippen LogP contribution >= 0.6 is 11.3 Å². The van der Waals surface area contributed by atoms with Crippen molar-refractivity contribution in [1.29, 1.82) is 0 Å². The third-order valence-corrected chi connectivity index (χ3v) is 6.99. The van der Waals surface area contributed by atoms with E-state index in [1.807, 2.05) is 43.5 Å². The quantitative estimate of drug-likeness (QED) is 0.500. The van der Waals surface area contributed by atoms with E-state index >= 15 is 0 Å². The van der Waals surface area contributed by atoms with Crippen molar-refractivity contribution in [3.8, 4) is 5.75 Å². The molecule has 3 aromatic rings. The van der Waals surface area contributed by atoms with Gasteiger partial charge >= 0.3 is 0 Å². The van der Waals surface area contributed by atoms with Gasteiger partial charge in [-0.15, -0.1) is 11.3 Å². The highest BCUT2D eigenvalue weighted by atomic mass is 32.1. The second-order valence-corrected chi connectivity index (χ2v) is 9.06. The van der Waals surface area contributed by atoms with Crippen molar-refractivity contribution in [2.24, 2.45) is 0 Å². The Balaban J connectivity index is 1.52. The molecule has 1 aromatic heterocycles. The first-order valence-electron chi connectivity index (χ1n) is 11.1. The Morgan fingerprint density at radius 1 is 1.18 bits per heavy atom. The fourth-order valence-electron chi connectivity index (χ4n) is 4.17. The lowest BCUT2D eigenvalue weighted by atomic mass is 10.00. The molecule has 2 heterocycles. The van der Waals surface area contributed by atoms with Crippen LogP contribution in [0.25, 0.3) is 0 Å². The van der Waals surface area contributed by atoms with E-state index in [1.54, 1.807) is 39.3 Å². The van der Waals surface area contributed by atoms with Gasteiger partial charge in [-0.3, -0.25) is 9.59 Å². The molecular weight excluding hydrogens is 439 g/mol. The minimum Gasteiger partial charge on any atom is -0.491 e. The van der Waals surface area contributed by atoms with Crippen LogP contribution < -0.4 is 4.74 Å². The van der Waals surface area contributed by atoms with Crippen LogP contribution in [0, 0.1) is 12.7 Å². The Kier molecular flexibility index (Phi) is 7.08. The number of ether oxygens (including phenoxy) is 1.